The third kappa shape index (κ3) is 3.74. The van der Waals surface area contributed by atoms with E-state index >= 15 is 0 Å². The van der Waals surface area contributed by atoms with Crippen LogP contribution in [0.5, 0.6) is 0 Å². The zero-order valence-corrected chi connectivity index (χ0v) is 13.5. The van der Waals surface area contributed by atoms with E-state index in [1.165, 1.54) is 0 Å². The number of benzene rings is 1. The Bertz CT molecular complexity index is 744. The molecular formula is C19H19NO4. The van der Waals surface area contributed by atoms with Gasteiger partial charge in [-0.15, -0.1) is 0 Å². The van der Waals surface area contributed by atoms with E-state index in [1.807, 2.05) is 12.1 Å². The summed E-state index contributed by atoms with van der Waals surface area (Å²) in [4.78, 5) is 23.6. The number of nitrogens with one attached hydrogen (secondary N) is 1. The predicted molar refractivity (Wildman–Crippen MR) is 89.8 cm³/mol. The summed E-state index contributed by atoms with van der Waals surface area (Å²) >= 11 is 0. The fourth-order valence-electron chi connectivity index (χ4n) is 2.79. The lowest BCUT2D eigenvalue weighted by molar-refractivity contribution is -0.115. The van der Waals surface area contributed by atoms with Gasteiger partial charge in [0.1, 0.15) is 5.76 Å². The summed E-state index contributed by atoms with van der Waals surface area (Å²) in [5.41, 5.74) is 2.17. The quantitative estimate of drug-likeness (QED) is 0.844. The third-order valence-corrected chi connectivity index (χ3v) is 3.90. The van der Waals surface area contributed by atoms with Gasteiger partial charge in [0.05, 0.1) is 18.4 Å². The van der Waals surface area contributed by atoms with Crippen LogP contribution in [0.25, 0.3) is 0 Å². The molecule has 1 aliphatic carbocycles. The van der Waals surface area contributed by atoms with Gasteiger partial charge in [0, 0.05) is 29.8 Å². The summed E-state index contributed by atoms with van der Waals surface area (Å²) in [5, 5.41) is 3.25. The van der Waals surface area contributed by atoms with Gasteiger partial charge in [0.2, 0.25) is 0 Å². The van der Waals surface area contributed by atoms with Crippen molar-refractivity contribution in [3.05, 3.63) is 65.8 Å². The van der Waals surface area contributed by atoms with Gasteiger partial charge in [-0.2, -0.15) is 0 Å². The molecule has 0 radical (unpaired) electrons. The van der Waals surface area contributed by atoms with E-state index in [1.54, 1.807) is 43.5 Å². The molecule has 0 saturated carbocycles. The van der Waals surface area contributed by atoms with Crippen molar-refractivity contribution in [3.63, 3.8) is 0 Å². The van der Waals surface area contributed by atoms with Crippen molar-refractivity contribution in [3.8, 4) is 0 Å². The maximum Gasteiger partial charge on any atom is 0.338 e. The van der Waals surface area contributed by atoms with Crippen LogP contribution in [-0.4, -0.2) is 18.4 Å². The molecule has 0 unspecified atom stereocenters. The fourth-order valence-corrected chi connectivity index (χ4v) is 2.79. The molecule has 1 N–H and O–H groups in total. The van der Waals surface area contributed by atoms with Crippen LogP contribution in [0.1, 0.15) is 41.8 Å². The van der Waals surface area contributed by atoms with Crippen LogP contribution >= 0.6 is 0 Å². The summed E-state index contributed by atoms with van der Waals surface area (Å²) in [7, 11) is 0. The first-order valence-electron chi connectivity index (χ1n) is 7.96. The zero-order valence-electron chi connectivity index (χ0n) is 13.5. The van der Waals surface area contributed by atoms with Crippen LogP contribution in [0.4, 0.5) is 5.69 Å². The van der Waals surface area contributed by atoms with Crippen LogP contribution in [-0.2, 0) is 9.53 Å². The Morgan fingerprint density at radius 2 is 2.04 bits per heavy atom. The molecule has 0 spiro atoms. The van der Waals surface area contributed by atoms with E-state index in [9.17, 15) is 9.59 Å². The summed E-state index contributed by atoms with van der Waals surface area (Å²) in [6, 6.07) is 10.7. The molecule has 0 saturated heterocycles. The van der Waals surface area contributed by atoms with Crippen molar-refractivity contribution in [2.45, 2.75) is 25.7 Å². The van der Waals surface area contributed by atoms with Gasteiger partial charge in [-0.05, 0) is 49.7 Å². The number of carbonyl (C=O) groups is 2. The standard InChI is InChI=1S/C19H19NO4/c1-2-23-19(22)13-5-7-15(8-6-13)20-16-10-14(11-17(21)12-16)18-4-3-9-24-18/h3-9,12,14,20H,2,10-11H2,1H3/t14-/m0/s1. The van der Waals surface area contributed by atoms with E-state index in [4.69, 9.17) is 9.15 Å². The third-order valence-electron chi connectivity index (χ3n) is 3.90. The van der Waals surface area contributed by atoms with E-state index < -0.39 is 0 Å². The summed E-state index contributed by atoms with van der Waals surface area (Å²) < 4.78 is 10.4. The maximum atomic E-state index is 12.0. The minimum Gasteiger partial charge on any atom is -0.469 e. The van der Waals surface area contributed by atoms with Gasteiger partial charge >= 0.3 is 5.97 Å². The highest BCUT2D eigenvalue weighted by Gasteiger charge is 2.24. The first-order chi connectivity index (χ1) is 11.7. The van der Waals surface area contributed by atoms with Crippen molar-refractivity contribution in [1.29, 1.82) is 0 Å². The fraction of sp³-hybridized carbons (Fsp3) is 0.263. The van der Waals surface area contributed by atoms with Crippen LogP contribution in [0.15, 0.2) is 58.9 Å². The van der Waals surface area contributed by atoms with Gasteiger partial charge in [-0.1, -0.05) is 0 Å². The molecule has 24 heavy (non-hydrogen) atoms. The van der Waals surface area contributed by atoms with Crippen molar-refractivity contribution in [1.82, 2.24) is 0 Å². The normalized spacial score (nSPS) is 17.3. The maximum absolute atomic E-state index is 12.0. The minimum absolute atomic E-state index is 0.0544. The molecule has 1 heterocycles. The Labute approximate surface area is 140 Å². The molecule has 1 aliphatic rings. The summed E-state index contributed by atoms with van der Waals surface area (Å²) in [5.74, 6) is 0.620. The first-order valence-corrected chi connectivity index (χ1v) is 7.96. The largest absolute Gasteiger partial charge is 0.469 e. The van der Waals surface area contributed by atoms with Crippen molar-refractivity contribution >= 4 is 17.4 Å². The molecular weight excluding hydrogens is 306 g/mol. The number of anilines is 1. The molecule has 3 rings (SSSR count). The molecule has 0 fully saturated rings. The Morgan fingerprint density at radius 1 is 1.25 bits per heavy atom. The average Bonchev–Trinajstić information content (AvgIpc) is 3.10. The number of allylic oxidation sites excluding steroid dienone is 2. The highest BCUT2D eigenvalue weighted by molar-refractivity contribution is 5.92. The summed E-state index contributed by atoms with van der Waals surface area (Å²) in [6.07, 6.45) is 4.43. The van der Waals surface area contributed by atoms with Crippen molar-refractivity contribution in [2.24, 2.45) is 0 Å². The molecule has 5 heteroatoms. The SMILES string of the molecule is CCOC(=O)c1ccc(NC2=CC(=O)C[C@@H](c3ccco3)C2)cc1. The second kappa shape index (κ2) is 7.17. The molecule has 0 bridgehead atoms. The molecule has 124 valence electrons. The summed E-state index contributed by atoms with van der Waals surface area (Å²) in [6.45, 7) is 2.12. The van der Waals surface area contributed by atoms with Gasteiger partial charge < -0.3 is 14.5 Å². The molecule has 0 aliphatic heterocycles. The molecule has 2 aromatic rings. The second-order valence-corrected chi connectivity index (χ2v) is 5.68. The molecule has 0 amide bonds. The number of carbonyl (C=O) groups excluding carboxylic acids is 2. The Balaban J connectivity index is 1.69. The zero-order chi connectivity index (χ0) is 16.9. The lowest BCUT2D eigenvalue weighted by Gasteiger charge is -2.21. The van der Waals surface area contributed by atoms with E-state index in [2.05, 4.69) is 5.32 Å². The molecule has 1 aromatic carbocycles. The number of hydrogen-bond donors (Lipinski definition) is 1. The van der Waals surface area contributed by atoms with Crippen LogP contribution in [0, 0.1) is 0 Å². The number of furan rings is 1. The Kier molecular flexibility index (Phi) is 4.79. The molecule has 1 atom stereocenters. The highest BCUT2D eigenvalue weighted by Crippen LogP contribution is 2.32. The van der Waals surface area contributed by atoms with Gasteiger partial charge in [0.15, 0.2) is 5.78 Å². The average molecular weight is 325 g/mol. The van der Waals surface area contributed by atoms with Crippen molar-refractivity contribution in [2.75, 3.05) is 11.9 Å². The van der Waals surface area contributed by atoms with Gasteiger partial charge in [0.25, 0.3) is 0 Å². The van der Waals surface area contributed by atoms with Crippen LogP contribution in [0.3, 0.4) is 0 Å². The van der Waals surface area contributed by atoms with Gasteiger partial charge in [-0.3, -0.25) is 4.79 Å². The number of hydrogen-bond acceptors (Lipinski definition) is 5. The lowest BCUT2D eigenvalue weighted by Crippen LogP contribution is -2.16. The minimum atomic E-state index is -0.339. The molecule has 1 aromatic heterocycles. The highest BCUT2D eigenvalue weighted by atomic mass is 16.5. The van der Waals surface area contributed by atoms with Crippen molar-refractivity contribution < 1.29 is 18.7 Å². The van der Waals surface area contributed by atoms with Gasteiger partial charge in [-0.25, -0.2) is 4.79 Å². The lowest BCUT2D eigenvalue weighted by atomic mass is 9.89. The number of esters is 1. The number of ether oxygens (including phenoxy) is 1. The second-order valence-electron chi connectivity index (χ2n) is 5.68. The van der Waals surface area contributed by atoms with E-state index in [0.717, 1.165) is 17.1 Å². The Morgan fingerprint density at radius 3 is 2.71 bits per heavy atom. The predicted octanol–water partition coefficient (Wildman–Crippen LogP) is 3.90. The monoisotopic (exact) mass is 325 g/mol. The van der Waals surface area contributed by atoms with E-state index in [0.29, 0.717) is 25.0 Å². The smallest absolute Gasteiger partial charge is 0.338 e. The topological polar surface area (TPSA) is 68.5 Å². The number of ketones is 1. The molecule has 5 nitrogen and oxygen atoms in total. The van der Waals surface area contributed by atoms with E-state index in [-0.39, 0.29) is 17.7 Å². The number of rotatable bonds is 5. The van der Waals surface area contributed by atoms with Crippen LogP contribution < -0.4 is 5.32 Å². The Hall–Kier alpha value is -2.82. The van der Waals surface area contributed by atoms with Crippen LogP contribution in [0.2, 0.25) is 0 Å². The first kappa shape index (κ1) is 16.1.